The van der Waals surface area contributed by atoms with Crippen LogP contribution in [-0.2, 0) is 11.2 Å². The molecule has 1 aromatic heterocycles. The minimum Gasteiger partial charge on any atom is -0.338 e. The second kappa shape index (κ2) is 8.27. The van der Waals surface area contributed by atoms with E-state index in [4.69, 9.17) is 0 Å². The molecule has 1 fully saturated rings. The van der Waals surface area contributed by atoms with Gasteiger partial charge >= 0.3 is 0 Å². The Morgan fingerprint density at radius 2 is 1.77 bits per heavy atom. The fourth-order valence-corrected chi connectivity index (χ4v) is 3.29. The van der Waals surface area contributed by atoms with Crippen LogP contribution >= 0.6 is 0 Å². The highest BCUT2D eigenvalue weighted by molar-refractivity contribution is 5.80. The van der Waals surface area contributed by atoms with Gasteiger partial charge in [-0.3, -0.25) is 14.5 Å². The summed E-state index contributed by atoms with van der Waals surface area (Å²) >= 11 is 0. The summed E-state index contributed by atoms with van der Waals surface area (Å²) in [6, 6.07) is 13.0. The second-order valence-corrected chi connectivity index (χ2v) is 6.84. The molecule has 6 nitrogen and oxygen atoms in total. The van der Waals surface area contributed by atoms with E-state index in [1.807, 2.05) is 17.9 Å². The first kappa shape index (κ1) is 18.3. The van der Waals surface area contributed by atoms with Crippen molar-refractivity contribution in [2.45, 2.75) is 26.3 Å². The summed E-state index contributed by atoms with van der Waals surface area (Å²) in [6.07, 6.45) is 1.02. The van der Waals surface area contributed by atoms with Crippen LogP contribution in [0.15, 0.2) is 47.3 Å². The predicted octanol–water partition coefficient (Wildman–Crippen LogP) is 1.50. The number of hydrogen-bond acceptors (Lipinski definition) is 4. The highest BCUT2D eigenvalue weighted by atomic mass is 16.2. The summed E-state index contributed by atoms with van der Waals surface area (Å²) in [5.74, 6) is -0.0343. The fourth-order valence-electron chi connectivity index (χ4n) is 3.29. The van der Waals surface area contributed by atoms with Crippen LogP contribution in [-0.4, -0.2) is 58.2 Å². The number of hydrogen-bond donors (Lipinski definition) is 0. The van der Waals surface area contributed by atoms with E-state index >= 15 is 0 Å². The molecule has 0 aliphatic carbocycles. The molecule has 0 unspecified atom stereocenters. The van der Waals surface area contributed by atoms with Gasteiger partial charge in [-0.1, -0.05) is 30.3 Å². The second-order valence-electron chi connectivity index (χ2n) is 6.84. The van der Waals surface area contributed by atoms with E-state index in [0.29, 0.717) is 13.1 Å². The monoisotopic (exact) mass is 354 g/mol. The average Bonchev–Trinajstić information content (AvgIpc) is 2.68. The quantitative estimate of drug-likeness (QED) is 0.816. The van der Waals surface area contributed by atoms with Gasteiger partial charge in [-0.15, -0.1) is 0 Å². The minimum absolute atomic E-state index is 0.0343. The number of piperazine rings is 1. The maximum atomic E-state index is 12.8. The highest BCUT2D eigenvalue weighted by Gasteiger charge is 2.26. The molecule has 1 saturated heterocycles. The van der Waals surface area contributed by atoms with Crippen molar-refractivity contribution >= 4 is 5.91 Å². The number of carbonyl (C=O) groups is 1. The lowest BCUT2D eigenvalue weighted by Crippen LogP contribution is -2.51. The Morgan fingerprint density at radius 3 is 2.46 bits per heavy atom. The van der Waals surface area contributed by atoms with Crippen molar-refractivity contribution in [3.05, 3.63) is 64.1 Å². The van der Waals surface area contributed by atoms with Gasteiger partial charge in [0.15, 0.2) is 0 Å². The van der Waals surface area contributed by atoms with E-state index in [1.165, 1.54) is 16.3 Å². The lowest BCUT2D eigenvalue weighted by Gasteiger charge is -2.36. The molecule has 0 bridgehead atoms. The molecule has 0 radical (unpaired) electrons. The third-order valence-electron chi connectivity index (χ3n) is 4.93. The van der Waals surface area contributed by atoms with E-state index in [9.17, 15) is 9.59 Å². The molecule has 0 saturated carbocycles. The Hall–Kier alpha value is -2.47. The third kappa shape index (κ3) is 4.38. The van der Waals surface area contributed by atoms with Crippen LogP contribution in [0.5, 0.6) is 0 Å². The fraction of sp³-hybridized carbons (Fsp3) is 0.450. The van der Waals surface area contributed by atoms with Gasteiger partial charge in [-0.2, -0.15) is 5.10 Å². The summed E-state index contributed by atoms with van der Waals surface area (Å²) in [7, 11) is 0. The average molecular weight is 354 g/mol. The summed E-state index contributed by atoms with van der Waals surface area (Å²) in [4.78, 5) is 29.0. The molecule has 1 atom stereocenters. The Balaban J connectivity index is 1.53. The topological polar surface area (TPSA) is 58.4 Å². The Bertz CT molecular complexity index is 795. The number of amides is 1. The number of aromatic nitrogens is 2. The van der Waals surface area contributed by atoms with Crippen molar-refractivity contribution in [1.82, 2.24) is 19.6 Å². The van der Waals surface area contributed by atoms with Gasteiger partial charge < -0.3 is 4.90 Å². The van der Waals surface area contributed by atoms with Crippen molar-refractivity contribution in [2.75, 3.05) is 32.7 Å². The first-order valence-electron chi connectivity index (χ1n) is 9.16. The van der Waals surface area contributed by atoms with Crippen LogP contribution in [0.4, 0.5) is 0 Å². The number of rotatable bonds is 5. The van der Waals surface area contributed by atoms with E-state index in [-0.39, 0.29) is 11.5 Å². The third-order valence-corrected chi connectivity index (χ3v) is 4.93. The zero-order valence-electron chi connectivity index (χ0n) is 15.5. The van der Waals surface area contributed by atoms with Gasteiger partial charge in [0.2, 0.25) is 5.91 Å². The largest absolute Gasteiger partial charge is 0.338 e. The summed E-state index contributed by atoms with van der Waals surface area (Å²) in [6.45, 7) is 7.68. The molecule has 0 spiro atoms. The molecule has 1 aliphatic rings. The zero-order chi connectivity index (χ0) is 18.5. The van der Waals surface area contributed by atoms with E-state index in [0.717, 1.165) is 31.7 Å². The summed E-state index contributed by atoms with van der Waals surface area (Å²) < 4.78 is 1.29. The molecule has 1 aliphatic heterocycles. The van der Waals surface area contributed by atoms with Crippen LogP contribution in [0.2, 0.25) is 0 Å². The lowest BCUT2D eigenvalue weighted by molar-refractivity contribution is -0.136. The van der Waals surface area contributed by atoms with E-state index in [2.05, 4.69) is 34.3 Å². The molecule has 26 heavy (non-hydrogen) atoms. The van der Waals surface area contributed by atoms with Crippen LogP contribution in [0.1, 0.15) is 24.2 Å². The van der Waals surface area contributed by atoms with Crippen LogP contribution in [0.25, 0.3) is 0 Å². The molecule has 1 amide bonds. The molecule has 2 aromatic rings. The Morgan fingerprint density at radius 1 is 1.08 bits per heavy atom. The van der Waals surface area contributed by atoms with Gasteiger partial charge in [0.1, 0.15) is 6.04 Å². The highest BCUT2D eigenvalue weighted by Crippen LogP contribution is 2.11. The van der Waals surface area contributed by atoms with Crippen LogP contribution in [0, 0.1) is 6.92 Å². The Kier molecular flexibility index (Phi) is 5.83. The van der Waals surface area contributed by atoms with Crippen LogP contribution in [0.3, 0.4) is 0 Å². The predicted molar refractivity (Wildman–Crippen MR) is 101 cm³/mol. The number of carbonyl (C=O) groups excluding carboxylic acids is 1. The first-order valence-corrected chi connectivity index (χ1v) is 9.16. The standard InChI is InChI=1S/C20H26N4O2/c1-16-8-9-19(25)24(21-16)17(2)20(26)23-14-12-22(13-15-23)11-10-18-6-4-3-5-7-18/h3-9,17H,10-15H2,1-2H3/t17-/m1/s1. The normalized spacial score (nSPS) is 16.5. The zero-order valence-corrected chi connectivity index (χ0v) is 15.5. The van der Waals surface area contributed by atoms with Crippen molar-refractivity contribution in [3.63, 3.8) is 0 Å². The number of aryl methyl sites for hydroxylation is 1. The van der Waals surface area contributed by atoms with Gasteiger partial charge in [0, 0.05) is 38.8 Å². The SMILES string of the molecule is Cc1ccc(=O)n([C@H](C)C(=O)N2CCN(CCc3ccccc3)CC2)n1. The van der Waals surface area contributed by atoms with Gasteiger partial charge in [0.25, 0.3) is 5.56 Å². The lowest BCUT2D eigenvalue weighted by atomic mass is 10.1. The molecule has 2 heterocycles. The summed E-state index contributed by atoms with van der Waals surface area (Å²) in [5.41, 5.74) is 1.83. The molecule has 6 heteroatoms. The first-order chi connectivity index (χ1) is 12.5. The van der Waals surface area contributed by atoms with E-state index in [1.54, 1.807) is 13.0 Å². The Labute approximate surface area is 154 Å². The summed E-state index contributed by atoms with van der Waals surface area (Å²) in [5, 5.41) is 4.21. The molecule has 0 N–H and O–H groups in total. The molecule has 1 aromatic carbocycles. The number of nitrogens with zero attached hydrogens (tertiary/aromatic N) is 4. The van der Waals surface area contributed by atoms with Crippen molar-refractivity contribution in [2.24, 2.45) is 0 Å². The maximum Gasteiger partial charge on any atom is 0.267 e. The molecule has 138 valence electrons. The van der Waals surface area contributed by atoms with Gasteiger partial charge in [0.05, 0.1) is 5.69 Å². The maximum absolute atomic E-state index is 12.8. The van der Waals surface area contributed by atoms with E-state index < -0.39 is 6.04 Å². The van der Waals surface area contributed by atoms with Crippen molar-refractivity contribution < 1.29 is 4.79 Å². The van der Waals surface area contributed by atoms with Crippen molar-refractivity contribution in [1.29, 1.82) is 0 Å². The van der Waals surface area contributed by atoms with Crippen molar-refractivity contribution in [3.8, 4) is 0 Å². The van der Waals surface area contributed by atoms with Gasteiger partial charge in [-0.25, -0.2) is 4.68 Å². The van der Waals surface area contributed by atoms with Gasteiger partial charge in [-0.05, 0) is 31.9 Å². The molecule has 3 rings (SSSR count). The minimum atomic E-state index is -0.571. The smallest absolute Gasteiger partial charge is 0.267 e. The number of benzene rings is 1. The molecular weight excluding hydrogens is 328 g/mol. The van der Waals surface area contributed by atoms with Crippen LogP contribution < -0.4 is 5.56 Å². The molecular formula is C20H26N4O2.